The van der Waals surface area contributed by atoms with E-state index in [4.69, 9.17) is 14.2 Å². The van der Waals surface area contributed by atoms with E-state index in [2.05, 4.69) is 0 Å². The quantitative estimate of drug-likeness (QED) is 0.803. The maximum absolute atomic E-state index is 12.4. The predicted molar refractivity (Wildman–Crippen MR) is 81.0 cm³/mol. The Kier molecular flexibility index (Phi) is 4.71. The molecule has 0 N–H and O–H groups in total. The molecule has 1 atom stereocenters. The van der Waals surface area contributed by atoms with Gasteiger partial charge in [-0.15, -0.1) is 0 Å². The molecule has 1 amide bonds. The first-order valence-electron chi connectivity index (χ1n) is 7.13. The maximum atomic E-state index is 12.4. The van der Waals surface area contributed by atoms with E-state index in [1.165, 1.54) is 4.90 Å². The molecule has 6 nitrogen and oxygen atoms in total. The minimum Gasteiger partial charge on any atom is -0.467 e. The zero-order chi connectivity index (χ0) is 16.3. The number of ether oxygens (including phenoxy) is 3. The predicted octanol–water partition coefficient (Wildman–Crippen LogP) is 2.88. The summed E-state index contributed by atoms with van der Waals surface area (Å²) in [4.78, 5) is 24.9. The Labute approximate surface area is 129 Å². The van der Waals surface area contributed by atoms with Crippen molar-refractivity contribution in [2.45, 2.75) is 45.9 Å². The molecule has 0 aliphatic carbocycles. The molecular weight excluding hydrogens is 286 g/mol. The van der Waals surface area contributed by atoms with Crippen LogP contribution in [0.5, 0.6) is 5.75 Å². The van der Waals surface area contributed by atoms with Crippen molar-refractivity contribution < 1.29 is 23.8 Å². The van der Waals surface area contributed by atoms with Gasteiger partial charge in [0.25, 0.3) is 0 Å². The Bertz CT molecular complexity index is 564. The molecule has 2 rings (SSSR count). The van der Waals surface area contributed by atoms with Crippen LogP contribution < -0.4 is 9.64 Å². The second-order valence-electron chi connectivity index (χ2n) is 6.13. The van der Waals surface area contributed by atoms with E-state index in [0.29, 0.717) is 24.3 Å². The lowest BCUT2D eigenvalue weighted by molar-refractivity contribution is -0.108. The van der Waals surface area contributed by atoms with Crippen LogP contribution in [0.25, 0.3) is 0 Å². The lowest BCUT2D eigenvalue weighted by Gasteiger charge is -2.30. The average molecular weight is 307 g/mol. The van der Waals surface area contributed by atoms with Crippen LogP contribution in [0, 0.1) is 0 Å². The minimum atomic E-state index is -0.646. The molecule has 1 heterocycles. The van der Waals surface area contributed by atoms with Crippen molar-refractivity contribution >= 4 is 18.1 Å². The van der Waals surface area contributed by atoms with Gasteiger partial charge in [-0.1, -0.05) is 6.07 Å². The van der Waals surface area contributed by atoms with Gasteiger partial charge in [0.2, 0.25) is 0 Å². The summed E-state index contributed by atoms with van der Waals surface area (Å²) >= 11 is 0. The molecule has 1 aromatic carbocycles. The van der Waals surface area contributed by atoms with Crippen molar-refractivity contribution in [2.24, 2.45) is 0 Å². The van der Waals surface area contributed by atoms with Gasteiger partial charge in [-0.3, -0.25) is 4.90 Å². The molecule has 0 saturated carbocycles. The highest BCUT2D eigenvalue weighted by Crippen LogP contribution is 2.30. The lowest BCUT2D eigenvalue weighted by Crippen LogP contribution is -2.43. The van der Waals surface area contributed by atoms with Crippen LogP contribution in [0.1, 0.15) is 33.3 Å². The van der Waals surface area contributed by atoms with Crippen LogP contribution in [0.4, 0.5) is 10.5 Å². The third-order valence-electron chi connectivity index (χ3n) is 3.08. The summed E-state index contributed by atoms with van der Waals surface area (Å²) in [5.41, 5.74) is 0.809. The highest BCUT2D eigenvalue weighted by molar-refractivity contribution is 5.92. The molecule has 0 bridgehead atoms. The van der Waals surface area contributed by atoms with E-state index in [9.17, 15) is 9.59 Å². The van der Waals surface area contributed by atoms with Gasteiger partial charge in [-0.05, 0) is 33.8 Å². The Balaban J connectivity index is 2.33. The van der Waals surface area contributed by atoms with Crippen LogP contribution in [0.2, 0.25) is 0 Å². The van der Waals surface area contributed by atoms with Crippen molar-refractivity contribution in [1.82, 2.24) is 0 Å². The highest BCUT2D eigenvalue weighted by Gasteiger charge is 2.28. The number of rotatable bonds is 3. The van der Waals surface area contributed by atoms with Gasteiger partial charge >= 0.3 is 6.09 Å². The summed E-state index contributed by atoms with van der Waals surface area (Å²) in [7, 11) is 0. The number of carbonyl (C=O) groups excluding carboxylic acids is 2. The first-order valence-corrected chi connectivity index (χ1v) is 7.13. The van der Waals surface area contributed by atoms with Crippen LogP contribution in [0.3, 0.4) is 0 Å². The zero-order valence-electron chi connectivity index (χ0n) is 13.3. The molecule has 120 valence electrons. The summed E-state index contributed by atoms with van der Waals surface area (Å²) in [6, 6.07) is 4.65. The van der Waals surface area contributed by atoms with E-state index >= 15 is 0 Å². The third kappa shape index (κ3) is 3.76. The van der Waals surface area contributed by atoms with E-state index in [1.807, 2.05) is 6.07 Å². The first kappa shape index (κ1) is 16.3. The van der Waals surface area contributed by atoms with Gasteiger partial charge in [0.05, 0.1) is 18.3 Å². The number of fused-ring (bicyclic) bond motifs is 1. The fraction of sp³-hybridized carbons (Fsp3) is 0.500. The van der Waals surface area contributed by atoms with Crippen LogP contribution >= 0.6 is 0 Å². The Hall–Kier alpha value is -2.08. The van der Waals surface area contributed by atoms with Crippen molar-refractivity contribution in [2.75, 3.05) is 11.7 Å². The standard InChI is InChI=1S/C16H21NO5/c1-11(8-18)17(15(19)22-16(2,3)4)13-6-5-12-9-20-10-21-14(12)7-13/h5-8,11H,9-10H2,1-4H3/t11-/m0/s1. The lowest BCUT2D eigenvalue weighted by atomic mass is 10.1. The second-order valence-corrected chi connectivity index (χ2v) is 6.13. The molecule has 1 aromatic rings. The number of amides is 1. The SMILES string of the molecule is C[C@@H](C=O)N(C(=O)OC(C)(C)C)c1ccc2c(c1)OCOC2. The summed E-state index contributed by atoms with van der Waals surface area (Å²) in [5.74, 6) is 0.649. The molecular formula is C16H21NO5. The van der Waals surface area contributed by atoms with E-state index in [-0.39, 0.29) is 6.79 Å². The number of hydrogen-bond acceptors (Lipinski definition) is 5. The van der Waals surface area contributed by atoms with Gasteiger partial charge in [-0.25, -0.2) is 4.79 Å². The number of benzene rings is 1. The monoisotopic (exact) mass is 307 g/mol. The molecule has 0 unspecified atom stereocenters. The third-order valence-corrected chi connectivity index (χ3v) is 3.08. The maximum Gasteiger partial charge on any atom is 0.415 e. The van der Waals surface area contributed by atoms with Gasteiger partial charge in [0, 0.05) is 11.6 Å². The van der Waals surface area contributed by atoms with Crippen molar-refractivity contribution in [1.29, 1.82) is 0 Å². The molecule has 0 spiro atoms. The molecule has 0 radical (unpaired) electrons. The van der Waals surface area contributed by atoms with Crippen molar-refractivity contribution in [3.8, 4) is 5.75 Å². The van der Waals surface area contributed by atoms with Crippen LogP contribution in [-0.2, 0) is 20.9 Å². The van der Waals surface area contributed by atoms with Gasteiger partial charge in [0.1, 0.15) is 17.6 Å². The molecule has 0 saturated heterocycles. The molecule has 6 heteroatoms. The molecule has 0 fully saturated rings. The number of anilines is 1. The Morgan fingerprint density at radius 2 is 2.14 bits per heavy atom. The van der Waals surface area contributed by atoms with Gasteiger partial charge < -0.3 is 19.0 Å². The zero-order valence-corrected chi connectivity index (χ0v) is 13.3. The number of aldehydes is 1. The number of carbonyl (C=O) groups is 2. The van der Waals surface area contributed by atoms with Crippen LogP contribution in [0.15, 0.2) is 18.2 Å². The summed E-state index contributed by atoms with van der Waals surface area (Å²) in [6.07, 6.45) is 0.131. The Morgan fingerprint density at radius 1 is 1.41 bits per heavy atom. The van der Waals surface area contributed by atoms with E-state index in [0.717, 1.165) is 5.56 Å². The smallest absolute Gasteiger partial charge is 0.415 e. The largest absolute Gasteiger partial charge is 0.467 e. The van der Waals surface area contributed by atoms with Gasteiger partial charge in [-0.2, -0.15) is 0 Å². The van der Waals surface area contributed by atoms with E-state index in [1.54, 1.807) is 39.8 Å². The van der Waals surface area contributed by atoms with Gasteiger partial charge in [0.15, 0.2) is 6.79 Å². The summed E-state index contributed by atoms with van der Waals surface area (Å²) in [5, 5.41) is 0. The Morgan fingerprint density at radius 3 is 2.77 bits per heavy atom. The molecule has 0 aromatic heterocycles. The fourth-order valence-corrected chi connectivity index (χ4v) is 2.08. The van der Waals surface area contributed by atoms with Crippen LogP contribution in [-0.4, -0.2) is 30.8 Å². The topological polar surface area (TPSA) is 65.1 Å². The molecule has 1 aliphatic heterocycles. The molecule has 1 aliphatic rings. The first-order chi connectivity index (χ1) is 10.3. The normalized spacial score (nSPS) is 15.3. The van der Waals surface area contributed by atoms with Crippen molar-refractivity contribution in [3.63, 3.8) is 0 Å². The fourth-order valence-electron chi connectivity index (χ4n) is 2.08. The summed E-state index contributed by atoms with van der Waals surface area (Å²) < 4.78 is 16.0. The summed E-state index contributed by atoms with van der Waals surface area (Å²) in [6.45, 7) is 7.61. The highest BCUT2D eigenvalue weighted by atomic mass is 16.7. The minimum absolute atomic E-state index is 0.173. The number of hydrogen-bond donors (Lipinski definition) is 0. The second kappa shape index (κ2) is 6.36. The molecule has 22 heavy (non-hydrogen) atoms. The van der Waals surface area contributed by atoms with E-state index < -0.39 is 17.7 Å². The van der Waals surface area contributed by atoms with Crippen molar-refractivity contribution in [3.05, 3.63) is 23.8 Å². The number of nitrogens with zero attached hydrogens (tertiary/aromatic N) is 1. The average Bonchev–Trinajstić information content (AvgIpc) is 2.45.